The number of thiazole rings is 1. The van der Waals surface area contributed by atoms with E-state index in [4.69, 9.17) is 14.2 Å². The number of esters is 1. The Morgan fingerprint density at radius 2 is 2.28 bits per heavy atom. The van der Waals surface area contributed by atoms with Gasteiger partial charge in [-0.15, -0.1) is 11.3 Å². The summed E-state index contributed by atoms with van der Waals surface area (Å²) < 4.78 is 16.0. The van der Waals surface area contributed by atoms with Crippen LogP contribution in [0, 0.1) is 6.92 Å². The Balaban J connectivity index is 1.79. The molecule has 7 nitrogen and oxygen atoms in total. The fraction of sp³-hybridized carbons (Fsp3) is 0.353. The van der Waals surface area contributed by atoms with Crippen LogP contribution in [0.15, 0.2) is 24.4 Å². The van der Waals surface area contributed by atoms with Gasteiger partial charge in [0.25, 0.3) is 0 Å². The second-order valence-corrected chi connectivity index (χ2v) is 6.80. The van der Waals surface area contributed by atoms with Gasteiger partial charge in [0.05, 0.1) is 12.7 Å². The molecule has 1 fully saturated rings. The molecule has 2 aromatic rings. The summed E-state index contributed by atoms with van der Waals surface area (Å²) in [5.41, 5.74) is 1.18. The summed E-state index contributed by atoms with van der Waals surface area (Å²) in [6.07, 6.45) is 1.55. The molecule has 1 amide bonds. The molecule has 0 radical (unpaired) electrons. The summed E-state index contributed by atoms with van der Waals surface area (Å²) in [6.45, 7) is 2.66. The zero-order valence-corrected chi connectivity index (χ0v) is 14.7. The molecule has 8 heteroatoms. The first-order valence-electron chi connectivity index (χ1n) is 7.72. The van der Waals surface area contributed by atoms with Gasteiger partial charge < -0.3 is 19.5 Å². The first-order chi connectivity index (χ1) is 12.0. The molecule has 1 aromatic carbocycles. The first-order valence-corrected chi connectivity index (χ1v) is 8.54. The van der Waals surface area contributed by atoms with Crippen molar-refractivity contribution in [2.45, 2.75) is 13.0 Å². The molecular formula is C17H18N2O5S. The maximum absolute atomic E-state index is 11.9. The highest BCUT2D eigenvalue weighted by atomic mass is 32.1. The first kappa shape index (κ1) is 17.4. The minimum Gasteiger partial charge on any atom is -0.491 e. The van der Waals surface area contributed by atoms with Crippen molar-refractivity contribution in [2.24, 2.45) is 0 Å². The number of nitrogens with one attached hydrogen (secondary N) is 1. The van der Waals surface area contributed by atoms with Crippen molar-refractivity contribution in [1.82, 2.24) is 10.3 Å². The van der Waals surface area contributed by atoms with Gasteiger partial charge in [0.1, 0.15) is 30.1 Å². The van der Waals surface area contributed by atoms with Crippen molar-refractivity contribution in [3.05, 3.63) is 34.8 Å². The summed E-state index contributed by atoms with van der Waals surface area (Å²) in [7, 11) is 1.33. The van der Waals surface area contributed by atoms with Gasteiger partial charge in [0.15, 0.2) is 0 Å². The average molecular weight is 362 g/mol. The molecule has 0 spiro atoms. The summed E-state index contributed by atoms with van der Waals surface area (Å²) in [5, 5.41) is 3.52. The van der Waals surface area contributed by atoms with Crippen LogP contribution in [0.2, 0.25) is 0 Å². The van der Waals surface area contributed by atoms with Crippen LogP contribution in [0.3, 0.4) is 0 Å². The molecule has 2 heterocycles. The number of nitrogens with zero attached hydrogens (tertiary/aromatic N) is 1. The van der Waals surface area contributed by atoms with Crippen LogP contribution in [0.4, 0.5) is 0 Å². The third-order valence-corrected chi connectivity index (χ3v) is 4.57. The molecule has 132 valence electrons. The van der Waals surface area contributed by atoms with E-state index in [1.54, 1.807) is 18.3 Å². The lowest BCUT2D eigenvalue weighted by Gasteiger charge is -2.23. The van der Waals surface area contributed by atoms with Crippen molar-refractivity contribution < 1.29 is 23.8 Å². The molecule has 1 atom stereocenters. The van der Waals surface area contributed by atoms with Gasteiger partial charge in [-0.05, 0) is 25.1 Å². The number of hydrogen-bond donors (Lipinski definition) is 1. The van der Waals surface area contributed by atoms with Gasteiger partial charge in [0.2, 0.25) is 5.91 Å². The van der Waals surface area contributed by atoms with Crippen LogP contribution in [0.1, 0.15) is 15.2 Å². The fourth-order valence-corrected chi connectivity index (χ4v) is 3.11. The van der Waals surface area contributed by atoms with Gasteiger partial charge in [-0.2, -0.15) is 0 Å². The van der Waals surface area contributed by atoms with Crippen LogP contribution in [0.5, 0.6) is 5.75 Å². The van der Waals surface area contributed by atoms with E-state index in [0.29, 0.717) is 17.9 Å². The maximum atomic E-state index is 11.9. The number of carbonyl (C=O) groups is 2. The molecule has 1 saturated heterocycles. The van der Waals surface area contributed by atoms with E-state index < -0.39 is 5.97 Å². The Bertz CT molecular complexity index is 779. The predicted octanol–water partition coefficient (Wildman–Crippen LogP) is 1.80. The highest BCUT2D eigenvalue weighted by Gasteiger charge is 2.19. The van der Waals surface area contributed by atoms with Crippen LogP contribution < -0.4 is 10.1 Å². The second-order valence-electron chi connectivity index (χ2n) is 5.56. The largest absolute Gasteiger partial charge is 0.491 e. The van der Waals surface area contributed by atoms with Crippen LogP contribution >= 0.6 is 11.3 Å². The number of carbonyl (C=O) groups excluding carboxylic acids is 2. The Morgan fingerprint density at radius 3 is 2.92 bits per heavy atom. The molecule has 1 aliphatic rings. The van der Waals surface area contributed by atoms with Gasteiger partial charge in [-0.1, -0.05) is 0 Å². The normalized spacial score (nSPS) is 17.0. The highest BCUT2D eigenvalue weighted by molar-refractivity contribution is 7.14. The topological polar surface area (TPSA) is 86.8 Å². The second kappa shape index (κ2) is 7.62. The van der Waals surface area contributed by atoms with E-state index in [1.165, 1.54) is 18.4 Å². The minimum atomic E-state index is -0.443. The molecule has 25 heavy (non-hydrogen) atoms. The summed E-state index contributed by atoms with van der Waals surface area (Å²) in [5.74, 6) is -0.0576. The number of aromatic nitrogens is 1. The van der Waals surface area contributed by atoms with Gasteiger partial charge in [-0.25, -0.2) is 9.78 Å². The quantitative estimate of drug-likeness (QED) is 0.816. The Hall–Kier alpha value is -2.45. The third kappa shape index (κ3) is 4.34. The van der Waals surface area contributed by atoms with Crippen molar-refractivity contribution in [3.8, 4) is 16.3 Å². The minimum absolute atomic E-state index is 0.0276. The van der Waals surface area contributed by atoms with Gasteiger partial charge in [0, 0.05) is 23.2 Å². The molecule has 3 rings (SSSR count). The number of ether oxygens (including phenoxy) is 3. The van der Waals surface area contributed by atoms with E-state index in [1.807, 2.05) is 13.0 Å². The maximum Gasteiger partial charge on any atom is 0.338 e. The Labute approximate surface area is 148 Å². The van der Waals surface area contributed by atoms with Crippen molar-refractivity contribution in [3.63, 3.8) is 0 Å². The lowest BCUT2D eigenvalue weighted by Crippen LogP contribution is -2.45. The van der Waals surface area contributed by atoms with Crippen LogP contribution in [0.25, 0.3) is 10.6 Å². The lowest BCUT2D eigenvalue weighted by atomic mass is 10.1. The molecule has 0 aliphatic carbocycles. The van der Waals surface area contributed by atoms with Crippen molar-refractivity contribution in [1.29, 1.82) is 0 Å². The number of amides is 1. The van der Waals surface area contributed by atoms with E-state index in [-0.39, 0.29) is 25.2 Å². The molecule has 1 aromatic heterocycles. The SMILES string of the molecule is COC(=O)c1cc(OC[C@@H]2CNC(=O)CO2)cc(-c2ncc(C)s2)c1. The number of rotatable bonds is 5. The molecule has 0 unspecified atom stereocenters. The monoisotopic (exact) mass is 362 g/mol. The van der Waals surface area contributed by atoms with E-state index >= 15 is 0 Å². The van der Waals surface area contributed by atoms with Gasteiger partial charge in [-0.3, -0.25) is 4.79 Å². The van der Waals surface area contributed by atoms with Gasteiger partial charge >= 0.3 is 5.97 Å². The van der Waals surface area contributed by atoms with E-state index in [0.717, 1.165) is 15.4 Å². The lowest BCUT2D eigenvalue weighted by molar-refractivity contribution is -0.134. The van der Waals surface area contributed by atoms with Crippen LogP contribution in [-0.4, -0.2) is 49.8 Å². The molecule has 1 N–H and O–H groups in total. The highest BCUT2D eigenvalue weighted by Crippen LogP contribution is 2.29. The van der Waals surface area contributed by atoms with E-state index in [2.05, 4.69) is 10.3 Å². The van der Waals surface area contributed by atoms with Crippen LogP contribution in [-0.2, 0) is 14.3 Å². The Kier molecular flexibility index (Phi) is 5.30. The standard InChI is InChI=1S/C17H18N2O5S/c1-10-6-19-16(25-10)11-3-12(17(21)22-2)5-13(4-11)23-8-14-7-18-15(20)9-24-14/h3-6,14H,7-9H2,1-2H3,(H,18,20)/t14-/m0/s1. The molecule has 1 aliphatic heterocycles. The number of benzene rings is 1. The summed E-state index contributed by atoms with van der Waals surface area (Å²) in [4.78, 5) is 28.5. The molecule has 0 saturated carbocycles. The predicted molar refractivity (Wildman–Crippen MR) is 91.9 cm³/mol. The number of morpholine rings is 1. The van der Waals surface area contributed by atoms with E-state index in [9.17, 15) is 9.59 Å². The molecular weight excluding hydrogens is 344 g/mol. The zero-order chi connectivity index (χ0) is 17.8. The molecule has 0 bridgehead atoms. The average Bonchev–Trinajstić information content (AvgIpc) is 3.07. The van der Waals surface area contributed by atoms with Crippen molar-refractivity contribution in [2.75, 3.05) is 26.9 Å². The third-order valence-electron chi connectivity index (χ3n) is 3.61. The van der Waals surface area contributed by atoms with Crippen molar-refractivity contribution >= 4 is 23.2 Å². The zero-order valence-electron chi connectivity index (χ0n) is 13.9. The summed E-state index contributed by atoms with van der Waals surface area (Å²) >= 11 is 1.53. The smallest absolute Gasteiger partial charge is 0.338 e. The Morgan fingerprint density at radius 1 is 1.44 bits per heavy atom. The number of methoxy groups -OCH3 is 1. The summed E-state index contributed by atoms with van der Waals surface area (Å²) in [6, 6.07) is 5.18. The number of hydrogen-bond acceptors (Lipinski definition) is 7. The number of aryl methyl sites for hydroxylation is 1. The fourth-order valence-electron chi connectivity index (χ4n) is 2.36.